The van der Waals surface area contributed by atoms with Crippen LogP contribution in [0.2, 0.25) is 0 Å². The van der Waals surface area contributed by atoms with E-state index in [2.05, 4.69) is 4.98 Å². The number of anilines is 1. The maximum absolute atomic E-state index is 14.5. The van der Waals surface area contributed by atoms with Crippen molar-refractivity contribution in [3.63, 3.8) is 0 Å². The molecule has 0 saturated heterocycles. The van der Waals surface area contributed by atoms with E-state index in [9.17, 15) is 31.9 Å². The Hall–Kier alpha value is -3.06. The van der Waals surface area contributed by atoms with Gasteiger partial charge in [-0.05, 0) is 18.2 Å². The van der Waals surface area contributed by atoms with Crippen molar-refractivity contribution in [3.05, 3.63) is 58.9 Å². The second kappa shape index (κ2) is 6.28. The highest BCUT2D eigenvalue weighted by atomic mass is 19.4. The molecule has 2 aromatic rings. The van der Waals surface area contributed by atoms with Gasteiger partial charge in [0.15, 0.2) is 6.10 Å². The van der Waals surface area contributed by atoms with E-state index in [1.807, 2.05) is 0 Å². The summed E-state index contributed by atoms with van der Waals surface area (Å²) < 4.78 is 67.5. The molecule has 3 rings (SSSR count). The van der Waals surface area contributed by atoms with Crippen LogP contribution in [0, 0.1) is 11.3 Å². The number of benzene rings is 1. The van der Waals surface area contributed by atoms with Crippen LogP contribution in [0.3, 0.4) is 0 Å². The summed E-state index contributed by atoms with van der Waals surface area (Å²) in [5.41, 5.74) is -2.62. The van der Waals surface area contributed by atoms with Gasteiger partial charge in [0.05, 0.1) is 23.5 Å². The van der Waals surface area contributed by atoms with Gasteiger partial charge in [-0.25, -0.2) is 4.98 Å². The Morgan fingerprint density at radius 3 is 2.52 bits per heavy atom. The summed E-state index contributed by atoms with van der Waals surface area (Å²) in [4.78, 5) is 16.7. The number of aliphatic hydroxyl groups excluding tert-OH is 1. The number of rotatable bonds is 3. The predicted molar refractivity (Wildman–Crippen MR) is 81.5 cm³/mol. The van der Waals surface area contributed by atoms with Crippen LogP contribution in [0.25, 0.3) is 0 Å². The second-order valence-corrected chi connectivity index (χ2v) is 5.78. The Bertz CT molecular complexity index is 952. The first-order valence-electron chi connectivity index (χ1n) is 7.51. The van der Waals surface area contributed by atoms with Crippen molar-refractivity contribution in [2.45, 2.75) is 24.7 Å². The van der Waals surface area contributed by atoms with Crippen molar-refractivity contribution in [1.82, 2.24) is 4.98 Å². The number of amides is 1. The molecule has 0 fully saturated rings. The number of pyridine rings is 1. The average Bonchev–Trinajstić information content (AvgIpc) is 2.81. The van der Waals surface area contributed by atoms with Crippen LogP contribution in [-0.2, 0) is 17.3 Å². The lowest BCUT2D eigenvalue weighted by atomic mass is 9.97. The Kier molecular flexibility index (Phi) is 4.35. The number of fused-ring (bicyclic) bond motifs is 1. The Morgan fingerprint density at radius 2 is 1.89 bits per heavy atom. The molecule has 27 heavy (non-hydrogen) atoms. The number of aromatic nitrogens is 1. The lowest BCUT2D eigenvalue weighted by molar-refractivity contribution is -0.207. The van der Waals surface area contributed by atoms with Crippen LogP contribution >= 0.6 is 0 Å². The normalized spacial score (nSPS) is 16.8. The number of aliphatic hydroxyl groups is 1. The fraction of sp³-hybridized carbons (Fsp3) is 0.235. The van der Waals surface area contributed by atoms with Crippen LogP contribution < -0.4 is 4.90 Å². The van der Waals surface area contributed by atoms with Crippen molar-refractivity contribution >= 4 is 11.6 Å². The Balaban J connectivity index is 2.09. The highest BCUT2D eigenvalue weighted by Crippen LogP contribution is 2.49. The molecule has 1 N–H and O–H groups in total. The van der Waals surface area contributed by atoms with E-state index < -0.39 is 47.5 Å². The quantitative estimate of drug-likeness (QED) is 0.826. The molecule has 2 heterocycles. The molecular weight excluding hydrogens is 373 g/mol. The van der Waals surface area contributed by atoms with Crippen molar-refractivity contribution < 1.29 is 31.9 Å². The topological polar surface area (TPSA) is 77.2 Å². The number of halogens is 5. The molecule has 140 valence electrons. The van der Waals surface area contributed by atoms with E-state index in [1.54, 1.807) is 6.07 Å². The lowest BCUT2D eigenvalue weighted by Gasteiger charge is -2.19. The minimum Gasteiger partial charge on any atom is -0.379 e. The standard InChI is InChI=1S/C17H10F5N3O2/c18-16(19)13-11(14(26)17(20,21)22)5-2-6-12(13)25(15(16)27)8-10-4-1-3-9(7-23)24-10/h1-6,14,26H,8H2. The molecule has 0 aliphatic carbocycles. The van der Waals surface area contributed by atoms with Crippen LogP contribution in [0.5, 0.6) is 0 Å². The number of alkyl halides is 5. The maximum atomic E-state index is 14.5. The highest BCUT2D eigenvalue weighted by Gasteiger charge is 2.56. The van der Waals surface area contributed by atoms with Crippen LogP contribution in [0.1, 0.15) is 28.6 Å². The fourth-order valence-corrected chi connectivity index (χ4v) is 2.86. The van der Waals surface area contributed by atoms with E-state index in [4.69, 9.17) is 5.26 Å². The summed E-state index contributed by atoms with van der Waals surface area (Å²) in [6, 6.07) is 8.77. The van der Waals surface area contributed by atoms with Gasteiger partial charge in [-0.15, -0.1) is 0 Å². The van der Waals surface area contributed by atoms with E-state index >= 15 is 0 Å². The molecular formula is C17H10F5N3O2. The molecule has 1 aromatic carbocycles. The molecule has 1 unspecified atom stereocenters. The van der Waals surface area contributed by atoms with Gasteiger partial charge < -0.3 is 10.0 Å². The second-order valence-electron chi connectivity index (χ2n) is 5.78. The zero-order valence-electron chi connectivity index (χ0n) is 13.3. The van der Waals surface area contributed by atoms with Gasteiger partial charge in [-0.1, -0.05) is 18.2 Å². The summed E-state index contributed by atoms with van der Waals surface area (Å²) in [5.74, 6) is -5.98. The van der Waals surface area contributed by atoms with Crippen LogP contribution in [-0.4, -0.2) is 22.2 Å². The van der Waals surface area contributed by atoms with E-state index in [0.717, 1.165) is 12.1 Å². The minimum atomic E-state index is -5.18. The van der Waals surface area contributed by atoms with Crippen molar-refractivity contribution in [3.8, 4) is 6.07 Å². The zero-order chi connectivity index (χ0) is 20.0. The molecule has 1 aliphatic heterocycles. The van der Waals surface area contributed by atoms with Crippen molar-refractivity contribution in [2.75, 3.05) is 4.90 Å². The van der Waals surface area contributed by atoms with Gasteiger partial charge in [-0.2, -0.15) is 27.2 Å². The number of carbonyl (C=O) groups is 1. The molecule has 1 aliphatic rings. The summed E-state index contributed by atoms with van der Waals surface area (Å²) in [6.07, 6.45) is -8.34. The van der Waals surface area contributed by atoms with Gasteiger partial charge in [0, 0.05) is 5.56 Å². The molecule has 1 atom stereocenters. The number of nitriles is 1. The van der Waals surface area contributed by atoms with Gasteiger partial charge >= 0.3 is 18.0 Å². The van der Waals surface area contributed by atoms with Gasteiger partial charge in [-0.3, -0.25) is 4.79 Å². The van der Waals surface area contributed by atoms with E-state index in [-0.39, 0.29) is 11.4 Å². The molecule has 1 amide bonds. The fourth-order valence-electron chi connectivity index (χ4n) is 2.86. The summed E-state index contributed by atoms with van der Waals surface area (Å²) >= 11 is 0. The smallest absolute Gasteiger partial charge is 0.379 e. The number of carbonyl (C=O) groups excluding carboxylic acids is 1. The monoisotopic (exact) mass is 383 g/mol. The largest absolute Gasteiger partial charge is 0.418 e. The predicted octanol–water partition coefficient (Wildman–Crippen LogP) is 3.19. The number of nitrogens with zero attached hydrogens (tertiary/aromatic N) is 3. The highest BCUT2D eigenvalue weighted by molar-refractivity contribution is 6.06. The van der Waals surface area contributed by atoms with Crippen LogP contribution in [0.4, 0.5) is 27.6 Å². The van der Waals surface area contributed by atoms with Crippen LogP contribution in [0.15, 0.2) is 36.4 Å². The third kappa shape index (κ3) is 3.10. The molecule has 5 nitrogen and oxygen atoms in total. The van der Waals surface area contributed by atoms with E-state index in [0.29, 0.717) is 11.0 Å². The molecule has 0 radical (unpaired) electrons. The molecule has 0 saturated carbocycles. The molecule has 0 spiro atoms. The van der Waals surface area contributed by atoms with Crippen molar-refractivity contribution in [2.24, 2.45) is 0 Å². The first-order chi connectivity index (χ1) is 12.6. The number of hydrogen-bond donors (Lipinski definition) is 1. The summed E-state index contributed by atoms with van der Waals surface area (Å²) in [5, 5.41) is 18.3. The Labute approximate surface area is 149 Å². The molecule has 10 heteroatoms. The van der Waals surface area contributed by atoms with Crippen molar-refractivity contribution in [1.29, 1.82) is 5.26 Å². The van der Waals surface area contributed by atoms with Gasteiger partial charge in [0.1, 0.15) is 11.8 Å². The zero-order valence-corrected chi connectivity index (χ0v) is 13.3. The number of hydrogen-bond acceptors (Lipinski definition) is 4. The first-order valence-corrected chi connectivity index (χ1v) is 7.51. The first kappa shape index (κ1) is 18.7. The molecule has 0 bridgehead atoms. The SMILES string of the molecule is N#Cc1cccc(CN2C(=O)C(F)(F)c3c(C(O)C(F)(F)F)cccc32)n1. The van der Waals surface area contributed by atoms with Gasteiger partial charge in [0.2, 0.25) is 0 Å². The lowest BCUT2D eigenvalue weighted by Crippen LogP contribution is -2.34. The third-order valence-corrected chi connectivity index (χ3v) is 4.04. The van der Waals surface area contributed by atoms with Gasteiger partial charge in [0.25, 0.3) is 0 Å². The maximum Gasteiger partial charge on any atom is 0.418 e. The molecule has 1 aromatic heterocycles. The van der Waals surface area contributed by atoms with E-state index in [1.165, 1.54) is 18.2 Å². The Morgan fingerprint density at radius 1 is 1.22 bits per heavy atom. The summed E-state index contributed by atoms with van der Waals surface area (Å²) in [6.45, 7) is -0.470. The average molecular weight is 383 g/mol. The third-order valence-electron chi connectivity index (χ3n) is 4.04. The minimum absolute atomic E-state index is 0.00706. The summed E-state index contributed by atoms with van der Waals surface area (Å²) in [7, 11) is 0.